The Hall–Kier alpha value is -2.43. The van der Waals surface area contributed by atoms with E-state index in [1.807, 2.05) is 13.1 Å². The van der Waals surface area contributed by atoms with E-state index in [-0.39, 0.29) is 5.69 Å². The number of fused-ring (bicyclic) bond motifs is 1. The predicted octanol–water partition coefficient (Wildman–Crippen LogP) is 3.60. The number of imidazole rings is 1. The SMILES string of the molecule is CC(C)c1ccc2c(c1)n(C)c(=O)n2C.CC(C)c1cnccn1. The van der Waals surface area contributed by atoms with Crippen LogP contribution in [0, 0.1) is 0 Å². The quantitative estimate of drug-likeness (QED) is 0.723. The molecule has 0 aliphatic carbocycles. The highest BCUT2D eigenvalue weighted by Gasteiger charge is 2.08. The molecule has 0 saturated heterocycles. The predicted molar refractivity (Wildman–Crippen MR) is 98.4 cm³/mol. The molecule has 0 saturated carbocycles. The van der Waals surface area contributed by atoms with Gasteiger partial charge in [-0.05, 0) is 29.5 Å². The summed E-state index contributed by atoms with van der Waals surface area (Å²) in [6.45, 7) is 8.51. The molecule has 0 amide bonds. The van der Waals surface area contributed by atoms with Gasteiger partial charge in [0.05, 0.1) is 16.7 Å². The molecule has 2 heterocycles. The van der Waals surface area contributed by atoms with Gasteiger partial charge in [0.1, 0.15) is 0 Å². The molecule has 24 heavy (non-hydrogen) atoms. The highest BCUT2D eigenvalue weighted by Crippen LogP contribution is 2.19. The highest BCUT2D eigenvalue weighted by molar-refractivity contribution is 5.77. The van der Waals surface area contributed by atoms with Gasteiger partial charge in [-0.2, -0.15) is 0 Å². The fourth-order valence-electron chi connectivity index (χ4n) is 2.49. The Morgan fingerprint density at radius 2 is 1.58 bits per heavy atom. The van der Waals surface area contributed by atoms with Crippen LogP contribution in [0.3, 0.4) is 0 Å². The summed E-state index contributed by atoms with van der Waals surface area (Å²) >= 11 is 0. The van der Waals surface area contributed by atoms with Crippen LogP contribution >= 0.6 is 0 Å². The molecule has 1 aromatic carbocycles. The zero-order valence-electron chi connectivity index (χ0n) is 15.3. The zero-order valence-corrected chi connectivity index (χ0v) is 15.3. The first-order valence-corrected chi connectivity index (χ1v) is 8.24. The average Bonchev–Trinajstić information content (AvgIpc) is 2.80. The van der Waals surface area contributed by atoms with E-state index in [4.69, 9.17) is 0 Å². The van der Waals surface area contributed by atoms with Crippen molar-refractivity contribution in [1.82, 2.24) is 19.1 Å². The van der Waals surface area contributed by atoms with Gasteiger partial charge in [0.25, 0.3) is 0 Å². The van der Waals surface area contributed by atoms with Crippen LogP contribution in [0.25, 0.3) is 11.0 Å². The van der Waals surface area contributed by atoms with Crippen LogP contribution in [0.15, 0.2) is 41.6 Å². The van der Waals surface area contributed by atoms with Crippen molar-refractivity contribution >= 4 is 11.0 Å². The number of hydrogen-bond donors (Lipinski definition) is 0. The third kappa shape index (κ3) is 3.72. The molecule has 0 unspecified atom stereocenters. The molecule has 0 aliphatic heterocycles. The van der Waals surface area contributed by atoms with E-state index >= 15 is 0 Å². The minimum atomic E-state index is 0.0332. The molecule has 0 bridgehead atoms. The Labute approximate surface area is 143 Å². The fraction of sp³-hybridized carbons (Fsp3) is 0.421. The van der Waals surface area contributed by atoms with Crippen molar-refractivity contribution in [3.8, 4) is 0 Å². The lowest BCUT2D eigenvalue weighted by atomic mass is 10.0. The molecule has 5 nitrogen and oxygen atoms in total. The normalized spacial score (nSPS) is 11.0. The Kier molecular flexibility index (Phi) is 5.54. The molecule has 0 N–H and O–H groups in total. The summed E-state index contributed by atoms with van der Waals surface area (Å²) < 4.78 is 3.38. The summed E-state index contributed by atoms with van der Waals surface area (Å²) in [7, 11) is 3.62. The monoisotopic (exact) mass is 326 g/mol. The fourth-order valence-corrected chi connectivity index (χ4v) is 2.49. The number of rotatable bonds is 2. The third-order valence-corrected chi connectivity index (χ3v) is 4.14. The number of benzene rings is 1. The summed E-state index contributed by atoms with van der Waals surface area (Å²) in [6, 6.07) is 6.21. The summed E-state index contributed by atoms with van der Waals surface area (Å²) in [4.78, 5) is 19.8. The first-order valence-electron chi connectivity index (χ1n) is 8.24. The molecular weight excluding hydrogens is 300 g/mol. The van der Waals surface area contributed by atoms with Crippen molar-refractivity contribution in [3.63, 3.8) is 0 Å². The molecule has 0 atom stereocenters. The molecule has 5 heteroatoms. The Morgan fingerprint density at radius 3 is 2.08 bits per heavy atom. The maximum absolute atomic E-state index is 11.7. The lowest BCUT2D eigenvalue weighted by Gasteiger charge is -2.05. The molecule has 0 radical (unpaired) electrons. The van der Waals surface area contributed by atoms with Gasteiger partial charge >= 0.3 is 5.69 Å². The van der Waals surface area contributed by atoms with E-state index in [1.54, 1.807) is 34.8 Å². The van der Waals surface area contributed by atoms with Crippen molar-refractivity contribution in [2.45, 2.75) is 39.5 Å². The van der Waals surface area contributed by atoms with Gasteiger partial charge in [0.2, 0.25) is 0 Å². The van der Waals surface area contributed by atoms with Gasteiger partial charge in [-0.3, -0.25) is 19.1 Å². The summed E-state index contributed by atoms with van der Waals surface area (Å²) in [5, 5.41) is 0. The minimum Gasteiger partial charge on any atom is -0.295 e. The second kappa shape index (κ2) is 7.43. The summed E-state index contributed by atoms with van der Waals surface area (Å²) in [5.74, 6) is 0.975. The van der Waals surface area contributed by atoms with Crippen LogP contribution in [0.5, 0.6) is 0 Å². The second-order valence-electron chi connectivity index (χ2n) is 6.59. The van der Waals surface area contributed by atoms with Crippen LogP contribution in [-0.2, 0) is 14.1 Å². The topological polar surface area (TPSA) is 52.7 Å². The third-order valence-electron chi connectivity index (χ3n) is 4.14. The number of nitrogens with zero attached hydrogens (tertiary/aromatic N) is 4. The molecule has 0 fully saturated rings. The zero-order chi connectivity index (χ0) is 17.9. The lowest BCUT2D eigenvalue weighted by molar-refractivity contribution is 0.794. The molecule has 128 valence electrons. The number of hydrogen-bond acceptors (Lipinski definition) is 3. The van der Waals surface area contributed by atoms with Crippen molar-refractivity contribution in [2.75, 3.05) is 0 Å². The van der Waals surface area contributed by atoms with Gasteiger partial charge < -0.3 is 0 Å². The van der Waals surface area contributed by atoms with E-state index in [0.29, 0.717) is 11.8 Å². The van der Waals surface area contributed by atoms with Crippen LogP contribution in [0.4, 0.5) is 0 Å². The van der Waals surface area contributed by atoms with E-state index in [9.17, 15) is 4.79 Å². The van der Waals surface area contributed by atoms with Crippen molar-refractivity contribution in [1.29, 1.82) is 0 Å². The highest BCUT2D eigenvalue weighted by atomic mass is 16.1. The van der Waals surface area contributed by atoms with E-state index in [1.165, 1.54) is 5.56 Å². The van der Waals surface area contributed by atoms with Crippen molar-refractivity contribution in [2.24, 2.45) is 14.1 Å². The second-order valence-corrected chi connectivity index (χ2v) is 6.59. The first-order chi connectivity index (χ1) is 11.3. The maximum atomic E-state index is 11.7. The standard InChI is InChI=1S/C12H16N2O.C7H10N2/c1-8(2)9-5-6-10-11(7-9)14(4)12(15)13(10)3;1-6(2)7-5-8-3-4-9-7/h5-8H,1-4H3;3-6H,1-2H3. The van der Waals surface area contributed by atoms with Gasteiger partial charge in [-0.1, -0.05) is 33.8 Å². The van der Waals surface area contributed by atoms with Gasteiger partial charge in [0, 0.05) is 32.7 Å². The van der Waals surface area contributed by atoms with Gasteiger partial charge in [0.15, 0.2) is 0 Å². The van der Waals surface area contributed by atoms with Crippen LogP contribution < -0.4 is 5.69 Å². The molecule has 0 aliphatic rings. The summed E-state index contributed by atoms with van der Waals surface area (Å²) in [5.41, 5.74) is 4.35. The molecular formula is C19H26N4O. The van der Waals surface area contributed by atoms with Crippen molar-refractivity contribution in [3.05, 3.63) is 58.5 Å². The largest absolute Gasteiger partial charge is 0.328 e. The first kappa shape index (κ1) is 17.9. The number of aryl methyl sites for hydroxylation is 2. The average molecular weight is 326 g/mol. The maximum Gasteiger partial charge on any atom is 0.328 e. The van der Waals surface area contributed by atoms with Crippen LogP contribution in [-0.4, -0.2) is 19.1 Å². The Balaban J connectivity index is 0.000000198. The van der Waals surface area contributed by atoms with E-state index in [2.05, 4.69) is 49.8 Å². The van der Waals surface area contributed by atoms with Crippen LogP contribution in [0.1, 0.15) is 50.8 Å². The van der Waals surface area contributed by atoms with Crippen molar-refractivity contribution < 1.29 is 0 Å². The molecule has 3 rings (SSSR count). The summed E-state index contributed by atoms with van der Waals surface area (Å²) in [6.07, 6.45) is 5.20. The molecule has 3 aromatic rings. The van der Waals surface area contributed by atoms with E-state index < -0.39 is 0 Å². The smallest absolute Gasteiger partial charge is 0.295 e. The van der Waals surface area contributed by atoms with Gasteiger partial charge in [-0.15, -0.1) is 0 Å². The van der Waals surface area contributed by atoms with Gasteiger partial charge in [-0.25, -0.2) is 4.79 Å². The molecule has 0 spiro atoms. The number of aromatic nitrogens is 4. The molecule has 2 aromatic heterocycles. The Bertz CT molecular complexity index is 860. The van der Waals surface area contributed by atoms with E-state index in [0.717, 1.165) is 16.7 Å². The minimum absolute atomic E-state index is 0.0332. The Morgan fingerprint density at radius 1 is 0.917 bits per heavy atom. The van der Waals surface area contributed by atoms with Crippen LogP contribution in [0.2, 0.25) is 0 Å². The lowest BCUT2D eigenvalue weighted by Crippen LogP contribution is -2.19.